The van der Waals surface area contributed by atoms with E-state index in [1.807, 2.05) is 0 Å². The lowest BCUT2D eigenvalue weighted by Gasteiger charge is -2.03. The second-order valence-corrected chi connectivity index (χ2v) is 2.68. The number of aliphatic hydroxyl groups excluding tert-OH is 1. The predicted octanol–water partition coefficient (Wildman–Crippen LogP) is 0.695. The molecule has 0 aliphatic carbocycles. The van der Waals surface area contributed by atoms with Crippen molar-refractivity contribution in [3.8, 4) is 0 Å². The van der Waals surface area contributed by atoms with E-state index in [0.717, 1.165) is 11.8 Å². The first kappa shape index (κ1) is 9.91. The first-order valence-corrected chi connectivity index (χ1v) is 4.21. The van der Waals surface area contributed by atoms with Gasteiger partial charge in [0.25, 0.3) is 0 Å². The monoisotopic (exact) mass is 210 g/mol. The highest BCUT2D eigenvalue weighted by Gasteiger charge is 2.08. The molecule has 0 aromatic carbocycles. The van der Waals surface area contributed by atoms with Gasteiger partial charge in [-0.3, -0.25) is 0 Å². The number of carbonyl (C=O) groups excluding carboxylic acids is 1. The summed E-state index contributed by atoms with van der Waals surface area (Å²) in [6, 6.07) is 0. The summed E-state index contributed by atoms with van der Waals surface area (Å²) in [6.07, 6.45) is -0.228. The maximum atomic E-state index is 10.5. The number of carbonyl (C=O) groups is 1. The average molecular weight is 211 g/mol. The third-order valence-corrected chi connectivity index (χ3v) is 1.42. The number of rotatable bonds is 4. The minimum absolute atomic E-state index is 0.370. The SMILES string of the molecule is CC(O)C(=O)OCCCBr. The lowest BCUT2D eigenvalue weighted by Crippen LogP contribution is -2.19. The Hall–Kier alpha value is -0.0900. The maximum Gasteiger partial charge on any atom is 0.334 e. The van der Waals surface area contributed by atoms with Crippen molar-refractivity contribution in [1.29, 1.82) is 0 Å². The van der Waals surface area contributed by atoms with Crippen molar-refractivity contribution in [1.82, 2.24) is 0 Å². The standard InChI is InChI=1S/C6H11BrO3/c1-5(8)6(9)10-4-2-3-7/h5,8H,2-4H2,1H3. The summed E-state index contributed by atoms with van der Waals surface area (Å²) in [5.41, 5.74) is 0. The molecule has 0 aliphatic rings. The molecule has 0 spiro atoms. The van der Waals surface area contributed by atoms with Gasteiger partial charge in [0.15, 0.2) is 0 Å². The average Bonchev–Trinajstić information content (AvgIpc) is 1.88. The lowest BCUT2D eigenvalue weighted by atomic mass is 10.4. The number of ether oxygens (including phenoxy) is 1. The third-order valence-electron chi connectivity index (χ3n) is 0.863. The summed E-state index contributed by atoms with van der Waals surface area (Å²) in [4.78, 5) is 10.5. The molecule has 1 N–H and O–H groups in total. The second-order valence-electron chi connectivity index (χ2n) is 1.89. The Morgan fingerprint density at radius 2 is 2.40 bits per heavy atom. The first-order chi connectivity index (χ1) is 4.68. The van der Waals surface area contributed by atoms with Gasteiger partial charge in [0.1, 0.15) is 6.10 Å². The lowest BCUT2D eigenvalue weighted by molar-refractivity contribution is -0.152. The van der Waals surface area contributed by atoms with Crippen LogP contribution >= 0.6 is 15.9 Å². The van der Waals surface area contributed by atoms with Gasteiger partial charge >= 0.3 is 5.97 Å². The van der Waals surface area contributed by atoms with E-state index in [1.165, 1.54) is 6.92 Å². The molecule has 0 radical (unpaired) electrons. The van der Waals surface area contributed by atoms with Gasteiger partial charge in [0.2, 0.25) is 0 Å². The minimum Gasteiger partial charge on any atom is -0.464 e. The van der Waals surface area contributed by atoms with Crippen molar-refractivity contribution in [2.24, 2.45) is 0 Å². The summed E-state index contributed by atoms with van der Waals surface area (Å²) in [6.45, 7) is 1.76. The van der Waals surface area contributed by atoms with Crippen LogP contribution in [0.15, 0.2) is 0 Å². The molecule has 0 amide bonds. The molecule has 4 heteroatoms. The highest BCUT2D eigenvalue weighted by molar-refractivity contribution is 9.09. The Morgan fingerprint density at radius 3 is 2.80 bits per heavy atom. The Labute approximate surface area is 68.5 Å². The predicted molar refractivity (Wildman–Crippen MR) is 41.1 cm³/mol. The fraction of sp³-hybridized carbons (Fsp3) is 0.833. The highest BCUT2D eigenvalue weighted by atomic mass is 79.9. The van der Waals surface area contributed by atoms with E-state index in [2.05, 4.69) is 20.7 Å². The topological polar surface area (TPSA) is 46.5 Å². The summed E-state index contributed by atoms with van der Waals surface area (Å²) in [7, 11) is 0. The van der Waals surface area contributed by atoms with Gasteiger partial charge < -0.3 is 9.84 Å². The molecule has 0 aromatic heterocycles. The van der Waals surface area contributed by atoms with Gasteiger partial charge in [-0.15, -0.1) is 0 Å². The van der Waals surface area contributed by atoms with Gasteiger partial charge in [-0.1, -0.05) is 15.9 Å². The Bertz CT molecular complexity index is 103. The highest BCUT2D eigenvalue weighted by Crippen LogP contribution is 1.91. The summed E-state index contributed by atoms with van der Waals surface area (Å²) < 4.78 is 4.62. The van der Waals surface area contributed by atoms with Crippen molar-refractivity contribution in [3.63, 3.8) is 0 Å². The molecule has 1 unspecified atom stereocenters. The molecule has 0 aliphatic heterocycles. The smallest absolute Gasteiger partial charge is 0.334 e. The van der Waals surface area contributed by atoms with E-state index >= 15 is 0 Å². The minimum atomic E-state index is -1.00. The zero-order valence-corrected chi connectivity index (χ0v) is 7.43. The molecule has 0 heterocycles. The molecule has 3 nitrogen and oxygen atoms in total. The van der Waals surface area contributed by atoms with Gasteiger partial charge in [-0.25, -0.2) is 4.79 Å². The second kappa shape index (κ2) is 5.68. The van der Waals surface area contributed by atoms with Crippen molar-refractivity contribution < 1.29 is 14.6 Å². The quantitative estimate of drug-likeness (QED) is 0.423. The van der Waals surface area contributed by atoms with Crippen molar-refractivity contribution in [3.05, 3.63) is 0 Å². The molecule has 0 bridgehead atoms. The molecule has 0 fully saturated rings. The zero-order chi connectivity index (χ0) is 7.98. The summed E-state index contributed by atoms with van der Waals surface area (Å²) >= 11 is 3.18. The van der Waals surface area contributed by atoms with Gasteiger partial charge in [-0.05, 0) is 13.3 Å². The molecule has 60 valence electrons. The van der Waals surface area contributed by atoms with Crippen LogP contribution in [0.4, 0.5) is 0 Å². The fourth-order valence-electron chi connectivity index (χ4n) is 0.348. The van der Waals surface area contributed by atoms with Crippen LogP contribution in [0.25, 0.3) is 0 Å². The van der Waals surface area contributed by atoms with Gasteiger partial charge in [0.05, 0.1) is 6.61 Å². The maximum absolute atomic E-state index is 10.5. The molecular formula is C6H11BrO3. The van der Waals surface area contributed by atoms with E-state index in [1.54, 1.807) is 0 Å². The van der Waals surface area contributed by atoms with Gasteiger partial charge in [-0.2, -0.15) is 0 Å². The van der Waals surface area contributed by atoms with Crippen LogP contribution in [-0.4, -0.2) is 29.1 Å². The zero-order valence-electron chi connectivity index (χ0n) is 5.84. The van der Waals surface area contributed by atoms with Crippen LogP contribution < -0.4 is 0 Å². The molecule has 0 aromatic rings. The number of hydrogen-bond acceptors (Lipinski definition) is 3. The molecule has 0 saturated carbocycles. The number of esters is 1. The Kier molecular flexibility index (Phi) is 5.63. The fourth-order valence-corrected chi connectivity index (χ4v) is 0.577. The van der Waals surface area contributed by atoms with Gasteiger partial charge in [0, 0.05) is 5.33 Å². The van der Waals surface area contributed by atoms with E-state index in [9.17, 15) is 4.79 Å². The Morgan fingerprint density at radius 1 is 1.80 bits per heavy atom. The number of halogens is 1. The van der Waals surface area contributed by atoms with Crippen LogP contribution in [0.1, 0.15) is 13.3 Å². The Balaban J connectivity index is 3.22. The van der Waals surface area contributed by atoms with Crippen molar-refractivity contribution in [2.45, 2.75) is 19.4 Å². The number of alkyl halides is 1. The van der Waals surface area contributed by atoms with E-state index < -0.39 is 12.1 Å². The van der Waals surface area contributed by atoms with Crippen LogP contribution in [0.3, 0.4) is 0 Å². The molecular weight excluding hydrogens is 200 g/mol. The van der Waals surface area contributed by atoms with Crippen LogP contribution in [0, 0.1) is 0 Å². The van der Waals surface area contributed by atoms with Crippen molar-refractivity contribution >= 4 is 21.9 Å². The van der Waals surface area contributed by atoms with Crippen LogP contribution in [0.5, 0.6) is 0 Å². The summed E-state index contributed by atoms with van der Waals surface area (Å²) in [5, 5.41) is 9.44. The first-order valence-electron chi connectivity index (χ1n) is 3.09. The third kappa shape index (κ3) is 4.76. The van der Waals surface area contributed by atoms with Crippen LogP contribution in [0.2, 0.25) is 0 Å². The van der Waals surface area contributed by atoms with E-state index in [0.29, 0.717) is 6.61 Å². The molecule has 1 atom stereocenters. The molecule has 10 heavy (non-hydrogen) atoms. The molecule has 0 saturated heterocycles. The van der Waals surface area contributed by atoms with Crippen LogP contribution in [-0.2, 0) is 9.53 Å². The number of aliphatic hydroxyl groups is 1. The summed E-state index contributed by atoms with van der Waals surface area (Å²) in [5.74, 6) is -0.555. The normalized spacial score (nSPS) is 12.7. The largest absolute Gasteiger partial charge is 0.464 e. The van der Waals surface area contributed by atoms with E-state index in [4.69, 9.17) is 5.11 Å². The molecule has 0 rings (SSSR count). The number of hydrogen-bond donors (Lipinski definition) is 1. The van der Waals surface area contributed by atoms with Crippen molar-refractivity contribution in [2.75, 3.05) is 11.9 Å². The van der Waals surface area contributed by atoms with E-state index in [-0.39, 0.29) is 0 Å².